The Bertz CT molecular complexity index is 2110. The zero-order valence-electron chi connectivity index (χ0n) is 36.4. The summed E-state index contributed by atoms with van der Waals surface area (Å²) in [6, 6.07) is 18.8. The summed E-state index contributed by atoms with van der Waals surface area (Å²) in [4.78, 5) is 138. The fourth-order valence-corrected chi connectivity index (χ4v) is 5.83. The van der Waals surface area contributed by atoms with Crippen LogP contribution in [0.3, 0.4) is 0 Å². The summed E-state index contributed by atoms with van der Waals surface area (Å²) < 4.78 is 20.3. The lowest BCUT2D eigenvalue weighted by Gasteiger charge is -2.30. The maximum atomic E-state index is 12.8. The molecule has 65 heavy (non-hydrogen) atoms. The van der Waals surface area contributed by atoms with Crippen LogP contribution in [-0.2, 0) is 58.0 Å². The summed E-state index contributed by atoms with van der Waals surface area (Å²) in [5, 5.41) is 0. The summed E-state index contributed by atoms with van der Waals surface area (Å²) in [5.41, 5.74) is 3.20. The first-order valence-electron chi connectivity index (χ1n) is 19.3. The van der Waals surface area contributed by atoms with Gasteiger partial charge in [-0.3, -0.25) is 0 Å². The molecule has 0 aliphatic heterocycles. The van der Waals surface area contributed by atoms with Crippen LogP contribution in [0.5, 0.6) is 0 Å². The Morgan fingerprint density at radius 2 is 0.523 bits per heavy atom. The van der Waals surface area contributed by atoms with E-state index in [9.17, 15) is 38.4 Å². The largest absolute Gasteiger partial charge is 0.549 e. The van der Waals surface area contributed by atoms with Crippen LogP contribution >= 0.6 is 0 Å². The van der Waals surface area contributed by atoms with E-state index in [-0.39, 0.29) is 22.3 Å². The van der Waals surface area contributed by atoms with E-state index < -0.39 is 80.3 Å². The first kappa shape index (κ1) is 49.5. The molecule has 0 saturated heterocycles. The molecule has 4 aromatic rings. The first-order chi connectivity index (χ1) is 30.7. The minimum atomic E-state index is -2.24. The van der Waals surface area contributed by atoms with Gasteiger partial charge in [0.25, 0.3) is 0 Å². The van der Waals surface area contributed by atoms with Crippen molar-refractivity contribution in [3.05, 3.63) is 140 Å². The van der Waals surface area contributed by atoms with Crippen LogP contribution in [0, 0.1) is 60.8 Å². The Kier molecular flexibility index (Phi) is 17.4. The van der Waals surface area contributed by atoms with Crippen LogP contribution in [0.15, 0.2) is 72.8 Å². The number of carbonyl (C=O) groups is 8. The van der Waals surface area contributed by atoms with Crippen LogP contribution in [0.25, 0.3) is 0 Å². The molecule has 0 heterocycles. The second-order valence-electron chi connectivity index (χ2n) is 14.7. The third-order valence-corrected chi connectivity index (χ3v) is 9.13. The second kappa shape index (κ2) is 22.8. The molecule has 0 amide bonds. The van der Waals surface area contributed by atoms with E-state index in [2.05, 4.69) is 39.1 Å². The molecule has 0 saturated carbocycles. The topological polar surface area (TPSA) is 247 Å². The van der Waals surface area contributed by atoms with E-state index in [1.165, 1.54) is 24.3 Å². The Balaban J connectivity index is 1.53. The predicted molar refractivity (Wildman–Crippen MR) is 217 cm³/mol. The van der Waals surface area contributed by atoms with Crippen molar-refractivity contribution in [1.82, 2.24) is 0 Å². The zero-order valence-corrected chi connectivity index (χ0v) is 36.4. The molecule has 0 unspecified atom stereocenters. The van der Waals surface area contributed by atoms with Gasteiger partial charge < -0.3 is 18.9 Å². The highest BCUT2D eigenvalue weighted by Gasteiger charge is 2.40. The maximum Gasteiger partial charge on any atom is 0.549 e. The lowest BCUT2D eigenvalue weighted by Crippen LogP contribution is -2.44. The maximum absolute atomic E-state index is 12.8. The average molecular weight is 905 g/mol. The van der Waals surface area contributed by atoms with E-state index in [0.717, 1.165) is 22.3 Å². The molecule has 344 valence electrons. The molecule has 0 bridgehead atoms. The molecule has 20 heteroatoms. The van der Waals surface area contributed by atoms with Gasteiger partial charge in [-0.25, -0.2) is 58.3 Å². The van der Waals surface area contributed by atoms with Crippen LogP contribution in [0.2, 0.25) is 0 Å². The number of hydrogen-bond acceptors (Lipinski definition) is 20. The van der Waals surface area contributed by atoms with Gasteiger partial charge in [-0.1, -0.05) is 70.8 Å². The molecule has 4 aromatic carbocycles. The summed E-state index contributed by atoms with van der Waals surface area (Å²) in [6.45, 7) is 9.22. The molecular weight excluding hydrogens is 860 g/mol. The molecule has 4 rings (SSSR count). The molecule has 0 spiro atoms. The Morgan fingerprint density at radius 3 is 0.708 bits per heavy atom. The minimum Gasteiger partial charge on any atom is -0.431 e. The zero-order chi connectivity index (χ0) is 47.8. The Labute approximate surface area is 371 Å². The van der Waals surface area contributed by atoms with Crippen molar-refractivity contribution in [3.8, 4) is 0 Å². The van der Waals surface area contributed by atoms with Crippen LogP contribution < -0.4 is 0 Å². The van der Waals surface area contributed by atoms with Gasteiger partial charge in [0.15, 0.2) is 0 Å². The third-order valence-electron chi connectivity index (χ3n) is 9.13. The highest BCUT2D eigenvalue weighted by molar-refractivity contribution is 5.92. The number of carbonyl (C=O) groups excluding carboxylic acids is 8. The minimum absolute atomic E-state index is 0.0400. The van der Waals surface area contributed by atoms with Crippen LogP contribution in [0.1, 0.15) is 85.9 Å². The molecule has 0 radical (unpaired) electrons. The van der Waals surface area contributed by atoms with Crippen molar-refractivity contribution < 1.29 is 96.4 Å². The quantitative estimate of drug-likeness (QED) is 0.0563. The summed E-state index contributed by atoms with van der Waals surface area (Å²) >= 11 is 0. The molecule has 0 aliphatic rings. The van der Waals surface area contributed by atoms with Gasteiger partial charge in [-0.2, -0.15) is 19.2 Å². The van der Waals surface area contributed by atoms with Gasteiger partial charge in [-0.05, 0) is 102 Å². The van der Waals surface area contributed by atoms with E-state index >= 15 is 0 Å². The van der Waals surface area contributed by atoms with Crippen LogP contribution in [0.4, 0.5) is 19.2 Å². The molecule has 0 atom stereocenters. The lowest BCUT2D eigenvalue weighted by atomic mass is 9.92. The van der Waals surface area contributed by atoms with Crippen molar-refractivity contribution in [3.63, 3.8) is 0 Å². The van der Waals surface area contributed by atoms with Crippen molar-refractivity contribution >= 4 is 48.5 Å². The monoisotopic (exact) mass is 904 g/mol. The Hall–Kier alpha value is -8.16. The van der Waals surface area contributed by atoms with Gasteiger partial charge in [0.05, 0.1) is 22.3 Å². The highest BCUT2D eigenvalue weighted by Crippen LogP contribution is 2.24. The molecule has 0 N–H and O–H groups in total. The SMILES string of the molecule is Cc1ccc(C(=O)OOC(=O)OCC(COC(=O)OOC(=O)c2ccc(C)cc2C)(COC(=O)OOC(=O)c2ccc(C)cc2C)COC(=O)OOC(=O)c2ccc(C)cc2C)c(C)c1. The number of rotatable bonds is 12. The molecule has 0 aromatic heterocycles. The van der Waals surface area contributed by atoms with Crippen molar-refractivity contribution in [1.29, 1.82) is 0 Å². The smallest absolute Gasteiger partial charge is 0.431 e. The fourth-order valence-electron chi connectivity index (χ4n) is 5.83. The number of benzene rings is 4. The normalized spacial score (nSPS) is 10.6. The van der Waals surface area contributed by atoms with E-state index in [4.69, 9.17) is 18.9 Å². The summed E-state index contributed by atoms with van der Waals surface area (Å²) in [5.74, 6) is -4.35. The van der Waals surface area contributed by atoms with E-state index in [1.54, 1.807) is 104 Å². The van der Waals surface area contributed by atoms with E-state index in [1.807, 2.05) is 0 Å². The Morgan fingerprint density at radius 1 is 0.323 bits per heavy atom. The van der Waals surface area contributed by atoms with Gasteiger partial charge in [0, 0.05) is 0 Å². The number of ether oxygens (including phenoxy) is 4. The fraction of sp³-hybridized carbons (Fsp3) is 0.289. The van der Waals surface area contributed by atoms with Crippen molar-refractivity contribution in [2.45, 2.75) is 55.4 Å². The number of aryl methyl sites for hydroxylation is 8. The van der Waals surface area contributed by atoms with Gasteiger partial charge in [-0.15, -0.1) is 0 Å². The standard InChI is InChI=1S/C45H44O20/c1-25-9-13-33(29(5)17-25)37(46)58-62-41(50)54-21-45(22-55-42(51)63-59-38(47)34-14-10-26(2)18-30(34)6,23-56-43(52)64-60-39(48)35-15-11-27(3)19-31(35)7)24-57-44(53)65-61-40(49)36-16-12-28(4)20-32(36)8/h9-20H,21-24H2,1-8H3. The van der Waals surface area contributed by atoms with Gasteiger partial charge in [0.2, 0.25) is 0 Å². The van der Waals surface area contributed by atoms with Gasteiger partial charge in [0.1, 0.15) is 31.8 Å². The van der Waals surface area contributed by atoms with Crippen molar-refractivity contribution in [2.24, 2.45) is 5.41 Å². The third kappa shape index (κ3) is 15.0. The van der Waals surface area contributed by atoms with Crippen LogP contribution in [-0.4, -0.2) is 74.9 Å². The molecule has 0 aliphatic carbocycles. The molecule has 0 fully saturated rings. The average Bonchev–Trinajstić information content (AvgIpc) is 3.25. The molecule has 20 nitrogen and oxygen atoms in total. The summed E-state index contributed by atoms with van der Waals surface area (Å²) in [6.07, 6.45) is -6.75. The summed E-state index contributed by atoms with van der Waals surface area (Å²) in [7, 11) is 0. The predicted octanol–water partition coefficient (Wildman–Crippen LogP) is 8.14. The number of hydrogen-bond donors (Lipinski definition) is 0. The van der Waals surface area contributed by atoms with Gasteiger partial charge >= 0.3 is 48.5 Å². The van der Waals surface area contributed by atoms with E-state index in [0.29, 0.717) is 22.3 Å². The highest BCUT2D eigenvalue weighted by atomic mass is 17.3. The van der Waals surface area contributed by atoms with Crippen molar-refractivity contribution in [2.75, 3.05) is 26.4 Å². The molecular formula is C45H44O20. The first-order valence-corrected chi connectivity index (χ1v) is 19.3. The lowest BCUT2D eigenvalue weighted by molar-refractivity contribution is -0.223. The second-order valence-corrected chi connectivity index (χ2v) is 14.7.